The van der Waals surface area contributed by atoms with E-state index >= 15 is 0 Å². The lowest BCUT2D eigenvalue weighted by Gasteiger charge is -2.24. The minimum Gasteiger partial charge on any atom is -0.455 e. The molecule has 5 rings (SSSR count). The maximum atomic E-state index is 13.8. The molecule has 4 aromatic rings. The highest BCUT2D eigenvalue weighted by Gasteiger charge is 2.23. The molecular formula is C36H36FN3O3. The summed E-state index contributed by atoms with van der Waals surface area (Å²) in [5.41, 5.74) is 5.58. The van der Waals surface area contributed by atoms with Crippen LogP contribution >= 0.6 is 0 Å². The van der Waals surface area contributed by atoms with E-state index in [-0.39, 0.29) is 23.2 Å². The molecule has 0 fully saturated rings. The van der Waals surface area contributed by atoms with E-state index in [0.717, 1.165) is 28.8 Å². The second-order valence-electron chi connectivity index (χ2n) is 11.2. The summed E-state index contributed by atoms with van der Waals surface area (Å²) in [4.78, 5) is 26.3. The van der Waals surface area contributed by atoms with Crippen LogP contribution in [0, 0.1) is 5.82 Å². The molecule has 0 unspecified atom stereocenters. The number of benzene rings is 3. The highest BCUT2D eigenvalue weighted by molar-refractivity contribution is 6.00. The van der Waals surface area contributed by atoms with Crippen molar-refractivity contribution in [2.24, 2.45) is 0 Å². The van der Waals surface area contributed by atoms with E-state index in [9.17, 15) is 14.0 Å². The van der Waals surface area contributed by atoms with E-state index in [1.165, 1.54) is 12.1 Å². The molecule has 43 heavy (non-hydrogen) atoms. The van der Waals surface area contributed by atoms with Crippen LogP contribution in [-0.4, -0.2) is 30.9 Å². The van der Waals surface area contributed by atoms with Gasteiger partial charge in [0, 0.05) is 46.7 Å². The van der Waals surface area contributed by atoms with Crippen LogP contribution in [0.4, 0.5) is 4.39 Å². The van der Waals surface area contributed by atoms with E-state index < -0.39 is 0 Å². The van der Waals surface area contributed by atoms with Crippen LogP contribution in [-0.2, 0) is 6.42 Å². The van der Waals surface area contributed by atoms with Crippen molar-refractivity contribution in [1.29, 1.82) is 0 Å². The number of carbonyl (C=O) groups is 2. The first kappa shape index (κ1) is 29.6. The molecule has 0 radical (unpaired) electrons. The Morgan fingerprint density at radius 3 is 2.42 bits per heavy atom. The fourth-order valence-electron chi connectivity index (χ4n) is 4.98. The number of rotatable bonds is 8. The molecule has 0 saturated heterocycles. The molecule has 0 bridgehead atoms. The van der Waals surface area contributed by atoms with Crippen LogP contribution in [0.25, 0.3) is 28.7 Å². The summed E-state index contributed by atoms with van der Waals surface area (Å²) in [6.07, 6.45) is 5.26. The molecular weight excluding hydrogens is 541 g/mol. The summed E-state index contributed by atoms with van der Waals surface area (Å²) >= 11 is 0. The minimum absolute atomic E-state index is 0.131. The Kier molecular flexibility index (Phi) is 8.62. The second-order valence-corrected chi connectivity index (χ2v) is 11.2. The quantitative estimate of drug-likeness (QED) is 0.270. The van der Waals surface area contributed by atoms with Crippen molar-refractivity contribution in [2.75, 3.05) is 13.6 Å². The van der Waals surface area contributed by atoms with Crippen LogP contribution in [0.2, 0.25) is 0 Å². The smallest absolute Gasteiger partial charge is 0.255 e. The first-order valence-corrected chi connectivity index (χ1v) is 14.5. The zero-order valence-corrected chi connectivity index (χ0v) is 24.9. The van der Waals surface area contributed by atoms with Crippen molar-refractivity contribution in [3.8, 4) is 11.3 Å². The molecule has 6 nitrogen and oxygen atoms in total. The third-order valence-corrected chi connectivity index (χ3v) is 7.74. The van der Waals surface area contributed by atoms with Gasteiger partial charge in [-0.3, -0.25) is 9.59 Å². The second kappa shape index (κ2) is 12.5. The first-order chi connectivity index (χ1) is 20.7. The van der Waals surface area contributed by atoms with Gasteiger partial charge < -0.3 is 20.4 Å². The molecule has 1 aliphatic rings. The van der Waals surface area contributed by atoms with Gasteiger partial charge in [-0.1, -0.05) is 55.5 Å². The maximum absolute atomic E-state index is 13.8. The average molecular weight is 578 g/mol. The van der Waals surface area contributed by atoms with Crippen molar-refractivity contribution in [1.82, 2.24) is 16.0 Å². The number of hydrogen-bond acceptors (Lipinski definition) is 4. The van der Waals surface area contributed by atoms with E-state index in [2.05, 4.69) is 16.0 Å². The summed E-state index contributed by atoms with van der Waals surface area (Å²) in [7, 11) is 1.57. The molecule has 0 spiro atoms. The Morgan fingerprint density at radius 1 is 0.977 bits per heavy atom. The van der Waals surface area contributed by atoms with Gasteiger partial charge in [-0.2, -0.15) is 0 Å². The zero-order valence-electron chi connectivity index (χ0n) is 24.9. The lowest BCUT2D eigenvalue weighted by atomic mass is 10.0. The standard InChI is InChI=1S/C36H36FN3O3/c1-5-36(2,3)40-34(41)26-13-9-10-23(20-26)14-19-29-31(35(42)38-4)33(25-15-17-28(37)18-16-25)43-32(29)27-21-30(39-22-27)24-11-7-6-8-12-24/h6-13,15-21,39H,5,14,22H2,1-4H3,(H,38,42)(H,40,41)/b29-19-,32-27+. The molecule has 0 saturated carbocycles. The van der Waals surface area contributed by atoms with Gasteiger partial charge >= 0.3 is 0 Å². The van der Waals surface area contributed by atoms with Crippen LogP contribution in [0.15, 0.2) is 89.4 Å². The van der Waals surface area contributed by atoms with Crippen LogP contribution in [0.1, 0.15) is 59.0 Å². The summed E-state index contributed by atoms with van der Waals surface area (Å²) in [5, 5.41) is 9.91. The lowest BCUT2D eigenvalue weighted by molar-refractivity contribution is 0.0909. The largest absolute Gasteiger partial charge is 0.455 e. The number of halogens is 1. The highest BCUT2D eigenvalue weighted by Crippen LogP contribution is 2.24. The van der Waals surface area contributed by atoms with Gasteiger partial charge in [-0.25, -0.2) is 4.39 Å². The van der Waals surface area contributed by atoms with Crippen molar-refractivity contribution in [3.63, 3.8) is 0 Å². The van der Waals surface area contributed by atoms with Gasteiger partial charge in [0.15, 0.2) is 0 Å². The summed E-state index contributed by atoms with van der Waals surface area (Å²) in [5.74, 6) is -0.452. The molecule has 0 atom stereocenters. The molecule has 2 heterocycles. The van der Waals surface area contributed by atoms with Gasteiger partial charge in [0.1, 0.15) is 17.0 Å². The number of amides is 2. The van der Waals surface area contributed by atoms with Crippen molar-refractivity contribution >= 4 is 29.2 Å². The lowest BCUT2D eigenvalue weighted by Crippen LogP contribution is -2.42. The summed E-state index contributed by atoms with van der Waals surface area (Å²) in [6.45, 7) is 6.54. The Balaban J connectivity index is 1.65. The Morgan fingerprint density at radius 2 is 1.72 bits per heavy atom. The Bertz CT molecular complexity index is 1800. The van der Waals surface area contributed by atoms with Crippen LogP contribution in [0.5, 0.6) is 0 Å². The molecule has 0 aliphatic carbocycles. The molecule has 7 heteroatoms. The van der Waals surface area contributed by atoms with Crippen LogP contribution < -0.4 is 26.6 Å². The van der Waals surface area contributed by atoms with E-state index in [1.54, 1.807) is 25.2 Å². The monoisotopic (exact) mass is 577 g/mol. The van der Waals surface area contributed by atoms with Gasteiger partial charge in [0.05, 0.1) is 5.56 Å². The van der Waals surface area contributed by atoms with Crippen molar-refractivity contribution < 1.29 is 18.4 Å². The fraction of sp³-hybridized carbons (Fsp3) is 0.222. The first-order valence-electron chi connectivity index (χ1n) is 14.5. The number of hydrogen-bond donors (Lipinski definition) is 3. The summed E-state index contributed by atoms with van der Waals surface area (Å²) < 4.78 is 20.3. The van der Waals surface area contributed by atoms with Crippen molar-refractivity contribution in [2.45, 2.75) is 39.2 Å². The average Bonchev–Trinajstić information content (AvgIpc) is 3.66. The molecule has 220 valence electrons. The molecule has 1 aromatic heterocycles. The van der Waals surface area contributed by atoms with Crippen LogP contribution in [0.3, 0.4) is 0 Å². The van der Waals surface area contributed by atoms with E-state index in [1.807, 2.05) is 81.5 Å². The molecule has 1 aliphatic heterocycles. The zero-order chi connectivity index (χ0) is 30.6. The van der Waals surface area contributed by atoms with Gasteiger partial charge in [-0.15, -0.1) is 0 Å². The predicted octanol–water partition coefficient (Wildman–Crippen LogP) is 5.18. The SMILES string of the molecule is CCC(C)(C)NC(=O)c1cccc(C/C=c2/c(C(=O)NC)c(-c3ccc(F)cc3)o/c2=C2\C=C(c3ccccc3)NC2)c1. The number of furan rings is 1. The molecule has 3 N–H and O–H groups in total. The van der Waals surface area contributed by atoms with Gasteiger partial charge in [0.25, 0.3) is 11.8 Å². The third kappa shape index (κ3) is 6.61. The Labute approximate surface area is 251 Å². The van der Waals surface area contributed by atoms with Gasteiger partial charge in [0.2, 0.25) is 0 Å². The summed E-state index contributed by atoms with van der Waals surface area (Å²) in [6, 6.07) is 23.4. The number of nitrogens with one attached hydrogen (secondary N) is 3. The maximum Gasteiger partial charge on any atom is 0.255 e. The molecule has 3 aromatic carbocycles. The van der Waals surface area contributed by atoms with Gasteiger partial charge in [-0.05, 0) is 80.3 Å². The third-order valence-electron chi connectivity index (χ3n) is 7.74. The highest BCUT2D eigenvalue weighted by atomic mass is 19.1. The predicted molar refractivity (Wildman–Crippen MR) is 169 cm³/mol. The fourth-order valence-corrected chi connectivity index (χ4v) is 4.98. The van der Waals surface area contributed by atoms with Crippen molar-refractivity contribution in [3.05, 3.63) is 124 Å². The van der Waals surface area contributed by atoms with E-state index in [4.69, 9.17) is 4.42 Å². The Hall–Kier alpha value is -4.91. The molecule has 2 amide bonds. The minimum atomic E-state index is -0.375. The van der Waals surface area contributed by atoms with E-state index in [0.29, 0.717) is 46.1 Å². The topological polar surface area (TPSA) is 83.4 Å². The number of carbonyl (C=O) groups excluding carboxylic acids is 2. The normalized spacial score (nSPS) is 14.7.